The molecule has 170 valence electrons. The lowest BCUT2D eigenvalue weighted by Gasteiger charge is -2.22. The van der Waals surface area contributed by atoms with Crippen LogP contribution in [0.25, 0.3) is 0 Å². The summed E-state index contributed by atoms with van der Waals surface area (Å²) < 4.78 is 30.5. The minimum atomic E-state index is -0.826. The highest BCUT2D eigenvalue weighted by molar-refractivity contribution is 5.97. The van der Waals surface area contributed by atoms with E-state index in [0.29, 0.717) is 17.9 Å². The van der Waals surface area contributed by atoms with Crippen molar-refractivity contribution in [3.63, 3.8) is 0 Å². The maximum Gasteiger partial charge on any atom is 0.328 e. The zero-order valence-corrected chi connectivity index (χ0v) is 18.1. The molecule has 1 saturated heterocycles. The van der Waals surface area contributed by atoms with E-state index >= 15 is 0 Å². The number of carbonyl (C=O) groups is 2. The molecular formula is C26H24FNO5. The quantitative estimate of drug-likeness (QED) is 0.505. The summed E-state index contributed by atoms with van der Waals surface area (Å²) in [6, 6.07) is 21.7. The number of rotatable bonds is 7. The molecule has 6 nitrogen and oxygen atoms in total. The van der Waals surface area contributed by atoms with Gasteiger partial charge in [0.1, 0.15) is 24.5 Å². The van der Waals surface area contributed by atoms with Crippen LogP contribution in [0.1, 0.15) is 22.3 Å². The summed E-state index contributed by atoms with van der Waals surface area (Å²) >= 11 is 0. The molecule has 0 aliphatic carbocycles. The van der Waals surface area contributed by atoms with Gasteiger partial charge in [0.15, 0.2) is 11.6 Å². The van der Waals surface area contributed by atoms with Gasteiger partial charge in [0.05, 0.1) is 13.7 Å². The smallest absolute Gasteiger partial charge is 0.328 e. The standard InChI is InChI=1S/C26H24FNO5/c1-31-26(30)23-15-21(33-24-13-6-5-12-22(24)27)16-28(23)25(29)19-10-7-11-20(14-19)32-17-18-8-3-2-4-9-18/h2-14,21,23H,15-17H2,1H3. The normalized spacial score (nSPS) is 17.5. The Morgan fingerprint density at radius 1 is 1.00 bits per heavy atom. The Hall–Kier alpha value is -3.87. The molecule has 7 heteroatoms. The Balaban J connectivity index is 1.49. The maximum absolute atomic E-state index is 14.0. The molecule has 0 radical (unpaired) electrons. The zero-order chi connectivity index (χ0) is 23.2. The predicted octanol–water partition coefficient (Wildman–Crippen LogP) is 4.24. The van der Waals surface area contributed by atoms with Crippen molar-refractivity contribution in [2.24, 2.45) is 0 Å². The fourth-order valence-electron chi connectivity index (χ4n) is 3.81. The van der Waals surface area contributed by atoms with E-state index in [1.54, 1.807) is 36.4 Å². The fraction of sp³-hybridized carbons (Fsp3) is 0.231. The minimum absolute atomic E-state index is 0.0803. The average molecular weight is 449 g/mol. The summed E-state index contributed by atoms with van der Waals surface area (Å²) in [4.78, 5) is 27.1. The van der Waals surface area contributed by atoms with Crippen molar-refractivity contribution in [3.8, 4) is 11.5 Å². The molecular weight excluding hydrogens is 425 g/mol. The number of hydrogen-bond acceptors (Lipinski definition) is 5. The van der Waals surface area contributed by atoms with Gasteiger partial charge in [-0.15, -0.1) is 0 Å². The van der Waals surface area contributed by atoms with E-state index in [4.69, 9.17) is 14.2 Å². The summed E-state index contributed by atoms with van der Waals surface area (Å²) in [6.45, 7) is 0.494. The van der Waals surface area contributed by atoms with E-state index in [9.17, 15) is 14.0 Å². The van der Waals surface area contributed by atoms with Crippen LogP contribution in [0.5, 0.6) is 11.5 Å². The highest BCUT2D eigenvalue weighted by Crippen LogP contribution is 2.28. The molecule has 0 spiro atoms. The van der Waals surface area contributed by atoms with Gasteiger partial charge in [-0.25, -0.2) is 9.18 Å². The second-order valence-electron chi connectivity index (χ2n) is 7.70. The zero-order valence-electron chi connectivity index (χ0n) is 18.1. The fourth-order valence-corrected chi connectivity index (χ4v) is 3.81. The van der Waals surface area contributed by atoms with Gasteiger partial charge in [0.2, 0.25) is 0 Å². The molecule has 2 unspecified atom stereocenters. The van der Waals surface area contributed by atoms with Gasteiger partial charge in [-0.2, -0.15) is 0 Å². The molecule has 1 fully saturated rings. The first-order valence-electron chi connectivity index (χ1n) is 10.6. The molecule has 1 amide bonds. The van der Waals surface area contributed by atoms with Crippen molar-refractivity contribution >= 4 is 11.9 Å². The lowest BCUT2D eigenvalue weighted by Crippen LogP contribution is -2.41. The van der Waals surface area contributed by atoms with Gasteiger partial charge < -0.3 is 19.1 Å². The van der Waals surface area contributed by atoms with Crippen LogP contribution in [0, 0.1) is 5.82 Å². The topological polar surface area (TPSA) is 65.1 Å². The number of benzene rings is 3. The van der Waals surface area contributed by atoms with Crippen LogP contribution in [0.4, 0.5) is 4.39 Å². The van der Waals surface area contributed by atoms with E-state index in [0.717, 1.165) is 5.56 Å². The summed E-state index contributed by atoms with van der Waals surface area (Å²) in [5, 5.41) is 0. The SMILES string of the molecule is COC(=O)C1CC(Oc2ccccc2F)CN1C(=O)c1cccc(OCc2ccccc2)c1. The predicted molar refractivity (Wildman–Crippen MR) is 119 cm³/mol. The number of amides is 1. The molecule has 0 N–H and O–H groups in total. The lowest BCUT2D eigenvalue weighted by atomic mass is 10.1. The first-order valence-corrected chi connectivity index (χ1v) is 10.6. The van der Waals surface area contributed by atoms with E-state index in [-0.39, 0.29) is 24.6 Å². The Labute approximate surface area is 191 Å². The van der Waals surface area contributed by atoms with E-state index in [2.05, 4.69) is 0 Å². The van der Waals surface area contributed by atoms with Gasteiger partial charge in [-0.3, -0.25) is 4.79 Å². The van der Waals surface area contributed by atoms with Gasteiger partial charge in [0.25, 0.3) is 5.91 Å². The third-order valence-electron chi connectivity index (χ3n) is 5.46. The maximum atomic E-state index is 14.0. The van der Waals surface area contributed by atoms with E-state index < -0.39 is 23.9 Å². The van der Waals surface area contributed by atoms with Crippen LogP contribution in [-0.4, -0.2) is 42.6 Å². The first-order chi connectivity index (χ1) is 16.0. The number of ether oxygens (including phenoxy) is 3. The van der Waals surface area contributed by atoms with Crippen molar-refractivity contribution < 1.29 is 28.2 Å². The van der Waals surface area contributed by atoms with Gasteiger partial charge in [0, 0.05) is 12.0 Å². The van der Waals surface area contributed by atoms with Crippen LogP contribution in [-0.2, 0) is 16.1 Å². The van der Waals surface area contributed by atoms with Gasteiger partial charge in [-0.05, 0) is 35.9 Å². The molecule has 0 aromatic heterocycles. The Morgan fingerprint density at radius 2 is 1.76 bits per heavy atom. The number of carbonyl (C=O) groups excluding carboxylic acids is 2. The van der Waals surface area contributed by atoms with Crippen molar-refractivity contribution in [2.75, 3.05) is 13.7 Å². The monoisotopic (exact) mass is 449 g/mol. The Bertz CT molecular complexity index is 1120. The molecule has 0 saturated carbocycles. The van der Waals surface area contributed by atoms with Crippen LogP contribution in [0.15, 0.2) is 78.9 Å². The molecule has 3 aromatic carbocycles. The highest BCUT2D eigenvalue weighted by Gasteiger charge is 2.42. The average Bonchev–Trinajstić information content (AvgIpc) is 3.28. The number of para-hydroxylation sites is 1. The summed E-state index contributed by atoms with van der Waals surface area (Å²) in [6.07, 6.45) is -0.343. The second-order valence-corrected chi connectivity index (χ2v) is 7.70. The van der Waals surface area contributed by atoms with Gasteiger partial charge >= 0.3 is 5.97 Å². The largest absolute Gasteiger partial charge is 0.489 e. The minimum Gasteiger partial charge on any atom is -0.489 e. The van der Waals surface area contributed by atoms with Crippen LogP contribution >= 0.6 is 0 Å². The summed E-state index contributed by atoms with van der Waals surface area (Å²) in [5.41, 5.74) is 1.38. The van der Waals surface area contributed by atoms with Crippen molar-refractivity contribution in [3.05, 3.63) is 95.8 Å². The van der Waals surface area contributed by atoms with Gasteiger partial charge in [-0.1, -0.05) is 48.5 Å². The first kappa shape index (κ1) is 22.3. The molecule has 0 bridgehead atoms. The number of likely N-dealkylation sites (tertiary alicyclic amines) is 1. The third-order valence-corrected chi connectivity index (χ3v) is 5.46. The molecule has 1 heterocycles. The number of methoxy groups -OCH3 is 1. The second kappa shape index (κ2) is 10.2. The molecule has 1 aliphatic heterocycles. The van der Waals surface area contributed by atoms with Crippen LogP contribution in [0.2, 0.25) is 0 Å². The molecule has 3 aromatic rings. The number of hydrogen-bond donors (Lipinski definition) is 0. The summed E-state index contributed by atoms with van der Waals surface area (Å²) in [5.74, 6) is -0.774. The lowest BCUT2D eigenvalue weighted by molar-refractivity contribution is -0.145. The van der Waals surface area contributed by atoms with Crippen LogP contribution in [0.3, 0.4) is 0 Å². The van der Waals surface area contributed by atoms with Crippen molar-refractivity contribution in [1.29, 1.82) is 0 Å². The van der Waals surface area contributed by atoms with Crippen molar-refractivity contribution in [2.45, 2.75) is 25.2 Å². The molecule has 4 rings (SSSR count). The van der Waals surface area contributed by atoms with E-state index in [1.807, 2.05) is 30.3 Å². The third kappa shape index (κ3) is 5.31. The van der Waals surface area contributed by atoms with Crippen LogP contribution < -0.4 is 9.47 Å². The number of nitrogens with zero attached hydrogens (tertiary/aromatic N) is 1. The molecule has 33 heavy (non-hydrogen) atoms. The molecule has 2 atom stereocenters. The summed E-state index contributed by atoms with van der Waals surface area (Å²) in [7, 11) is 1.27. The van der Waals surface area contributed by atoms with E-state index in [1.165, 1.54) is 24.1 Å². The van der Waals surface area contributed by atoms with Crippen molar-refractivity contribution in [1.82, 2.24) is 4.90 Å². The number of halogens is 1. The Kier molecular flexibility index (Phi) is 6.88. The number of esters is 1. The molecule has 1 aliphatic rings. The Morgan fingerprint density at radius 3 is 2.52 bits per heavy atom. The highest BCUT2D eigenvalue weighted by atomic mass is 19.1.